The highest BCUT2D eigenvalue weighted by atomic mass is 19.4. The molecule has 0 saturated heterocycles. The molecule has 4 saturated carbocycles. The van der Waals surface area contributed by atoms with E-state index in [1.165, 1.54) is 51.4 Å². The van der Waals surface area contributed by atoms with Gasteiger partial charge in [-0.05, 0) is 104 Å². The molecule has 0 aromatic rings. The molecule has 0 aromatic carbocycles. The lowest BCUT2D eigenvalue weighted by Gasteiger charge is -2.56. The predicted molar refractivity (Wildman–Crippen MR) is 99.6 cm³/mol. The van der Waals surface area contributed by atoms with Crippen LogP contribution in [0.3, 0.4) is 0 Å². The molecule has 4 fully saturated rings. The maximum Gasteiger partial charge on any atom is 0.389 e. The monoisotopic (exact) mass is 370 g/mol. The highest BCUT2D eigenvalue weighted by Crippen LogP contribution is 2.66. The van der Waals surface area contributed by atoms with E-state index >= 15 is 0 Å². The minimum atomic E-state index is -4.00. The van der Waals surface area contributed by atoms with E-state index in [2.05, 4.69) is 20.8 Å². The zero-order chi connectivity index (χ0) is 18.7. The Morgan fingerprint density at radius 3 is 2.35 bits per heavy atom. The molecule has 0 bridgehead atoms. The van der Waals surface area contributed by atoms with Gasteiger partial charge >= 0.3 is 6.18 Å². The van der Waals surface area contributed by atoms with Crippen LogP contribution in [0.5, 0.6) is 0 Å². The molecule has 4 aliphatic rings. The van der Waals surface area contributed by atoms with Crippen molar-refractivity contribution in [1.29, 1.82) is 0 Å². The van der Waals surface area contributed by atoms with Crippen molar-refractivity contribution in [3.63, 3.8) is 0 Å². The molecule has 0 amide bonds. The van der Waals surface area contributed by atoms with Gasteiger partial charge in [-0.1, -0.05) is 27.2 Å². The van der Waals surface area contributed by atoms with Crippen molar-refractivity contribution in [3.05, 3.63) is 0 Å². The van der Waals surface area contributed by atoms with E-state index in [4.69, 9.17) is 0 Å². The number of alkyl halides is 3. The molecule has 0 N–H and O–H groups in total. The van der Waals surface area contributed by atoms with E-state index in [1.54, 1.807) is 0 Å². The largest absolute Gasteiger partial charge is 0.389 e. The van der Waals surface area contributed by atoms with Gasteiger partial charge in [0.25, 0.3) is 0 Å². The summed E-state index contributed by atoms with van der Waals surface area (Å²) >= 11 is 0. The summed E-state index contributed by atoms with van der Waals surface area (Å²) in [7, 11) is 0. The van der Waals surface area contributed by atoms with Crippen molar-refractivity contribution in [2.24, 2.45) is 52.8 Å². The first-order chi connectivity index (χ1) is 12.2. The SMILES string of the molecule is CC1CCC2C(CCC3C2CCC2(C)C(CCC(F)(F)F)C(C)CC32)C1. The summed E-state index contributed by atoms with van der Waals surface area (Å²) in [6.07, 6.45) is 6.45. The minimum absolute atomic E-state index is 0.167. The van der Waals surface area contributed by atoms with E-state index in [0.717, 1.165) is 29.6 Å². The third kappa shape index (κ3) is 3.24. The van der Waals surface area contributed by atoms with Crippen LogP contribution in [-0.2, 0) is 0 Å². The maximum absolute atomic E-state index is 12.9. The molecule has 9 unspecified atom stereocenters. The minimum Gasteiger partial charge on any atom is -0.171 e. The van der Waals surface area contributed by atoms with Crippen molar-refractivity contribution < 1.29 is 13.2 Å². The molecule has 0 nitrogen and oxygen atoms in total. The smallest absolute Gasteiger partial charge is 0.171 e. The zero-order valence-electron chi connectivity index (χ0n) is 16.8. The Bertz CT molecular complexity index is 512. The molecular weight excluding hydrogens is 333 g/mol. The Kier molecular flexibility index (Phi) is 4.92. The summed E-state index contributed by atoms with van der Waals surface area (Å²) in [6.45, 7) is 7.03. The third-order valence-electron chi connectivity index (χ3n) is 9.55. The van der Waals surface area contributed by atoms with Gasteiger partial charge in [0.1, 0.15) is 0 Å². The summed E-state index contributed by atoms with van der Waals surface area (Å²) < 4.78 is 38.6. The topological polar surface area (TPSA) is 0 Å². The molecule has 0 radical (unpaired) electrons. The molecule has 26 heavy (non-hydrogen) atoms. The Balaban J connectivity index is 1.50. The van der Waals surface area contributed by atoms with E-state index in [9.17, 15) is 13.2 Å². The lowest BCUT2D eigenvalue weighted by Crippen LogP contribution is -2.48. The highest BCUT2D eigenvalue weighted by molar-refractivity contribution is 5.07. The van der Waals surface area contributed by atoms with Gasteiger partial charge in [-0.25, -0.2) is 0 Å². The predicted octanol–water partition coefficient (Wildman–Crippen LogP) is 7.48. The van der Waals surface area contributed by atoms with Gasteiger partial charge in [-0.15, -0.1) is 0 Å². The fourth-order valence-electron chi connectivity index (χ4n) is 8.49. The molecule has 4 rings (SSSR count). The zero-order valence-corrected chi connectivity index (χ0v) is 16.8. The summed E-state index contributed by atoms with van der Waals surface area (Å²) in [5, 5.41) is 0. The molecule has 4 aliphatic carbocycles. The molecule has 150 valence electrons. The van der Waals surface area contributed by atoms with Gasteiger partial charge in [-0.3, -0.25) is 0 Å². The Morgan fingerprint density at radius 1 is 0.885 bits per heavy atom. The lowest BCUT2D eigenvalue weighted by molar-refractivity contribution is -0.142. The average Bonchev–Trinajstić information content (AvgIpc) is 2.81. The quantitative estimate of drug-likeness (QED) is 0.472. The van der Waals surface area contributed by atoms with Crippen LogP contribution in [0.1, 0.15) is 85.0 Å². The van der Waals surface area contributed by atoms with Crippen molar-refractivity contribution >= 4 is 0 Å². The number of rotatable bonds is 2. The van der Waals surface area contributed by atoms with Crippen LogP contribution >= 0.6 is 0 Å². The van der Waals surface area contributed by atoms with Gasteiger partial charge < -0.3 is 0 Å². The number of fused-ring (bicyclic) bond motifs is 5. The Morgan fingerprint density at radius 2 is 1.62 bits per heavy atom. The molecule has 0 spiro atoms. The van der Waals surface area contributed by atoms with E-state index in [-0.39, 0.29) is 11.3 Å². The van der Waals surface area contributed by atoms with Gasteiger partial charge in [0.2, 0.25) is 0 Å². The first kappa shape index (κ1) is 19.1. The Hall–Kier alpha value is -0.210. The van der Waals surface area contributed by atoms with E-state index < -0.39 is 12.6 Å². The summed E-state index contributed by atoms with van der Waals surface area (Å²) in [5.41, 5.74) is 0.167. The molecule has 0 heterocycles. The van der Waals surface area contributed by atoms with Gasteiger partial charge in [0.15, 0.2) is 0 Å². The first-order valence-electron chi connectivity index (χ1n) is 11.3. The second kappa shape index (κ2) is 6.69. The summed E-state index contributed by atoms with van der Waals surface area (Å²) in [4.78, 5) is 0. The van der Waals surface area contributed by atoms with Crippen molar-refractivity contribution in [2.75, 3.05) is 0 Å². The van der Waals surface area contributed by atoms with Crippen LogP contribution in [-0.4, -0.2) is 6.18 Å². The standard InChI is InChI=1S/C23H37F3/c1-14-4-6-17-16(12-14)5-7-19-18(17)8-10-22(3)20(9-11-23(24,25)26)15(2)13-21(19)22/h14-21H,4-13H2,1-3H3. The van der Waals surface area contributed by atoms with Crippen molar-refractivity contribution in [3.8, 4) is 0 Å². The Labute approximate surface area is 157 Å². The normalized spacial score (nSPS) is 51.5. The fraction of sp³-hybridized carbons (Fsp3) is 1.00. The number of hydrogen-bond acceptors (Lipinski definition) is 0. The summed E-state index contributed by atoms with van der Waals surface area (Å²) in [6, 6.07) is 0. The van der Waals surface area contributed by atoms with Crippen LogP contribution in [0.4, 0.5) is 13.2 Å². The van der Waals surface area contributed by atoms with Crippen LogP contribution in [0.15, 0.2) is 0 Å². The van der Waals surface area contributed by atoms with Crippen molar-refractivity contribution in [2.45, 2.75) is 91.2 Å². The van der Waals surface area contributed by atoms with Gasteiger partial charge in [0, 0.05) is 6.42 Å². The van der Waals surface area contributed by atoms with Crippen LogP contribution in [0.2, 0.25) is 0 Å². The fourth-order valence-corrected chi connectivity index (χ4v) is 8.49. The van der Waals surface area contributed by atoms with Gasteiger partial charge in [-0.2, -0.15) is 13.2 Å². The van der Waals surface area contributed by atoms with E-state index in [1.807, 2.05) is 0 Å². The molecule has 0 aromatic heterocycles. The average molecular weight is 371 g/mol. The molecular formula is C23H37F3. The van der Waals surface area contributed by atoms with E-state index in [0.29, 0.717) is 18.3 Å². The lowest BCUT2D eigenvalue weighted by atomic mass is 9.49. The van der Waals surface area contributed by atoms with Crippen LogP contribution in [0.25, 0.3) is 0 Å². The summed E-state index contributed by atoms with van der Waals surface area (Å²) in [5.74, 6) is 5.90. The number of halogens is 3. The van der Waals surface area contributed by atoms with Crippen molar-refractivity contribution in [1.82, 2.24) is 0 Å². The third-order valence-corrected chi connectivity index (χ3v) is 9.55. The second-order valence-corrected chi connectivity index (χ2v) is 10.9. The molecule has 9 atom stereocenters. The maximum atomic E-state index is 12.9. The van der Waals surface area contributed by atoms with Crippen LogP contribution in [0, 0.1) is 52.8 Å². The second-order valence-electron chi connectivity index (χ2n) is 10.9. The number of hydrogen-bond donors (Lipinski definition) is 0. The molecule has 3 heteroatoms. The van der Waals surface area contributed by atoms with Gasteiger partial charge in [0.05, 0.1) is 0 Å². The first-order valence-corrected chi connectivity index (χ1v) is 11.3. The molecule has 0 aliphatic heterocycles. The van der Waals surface area contributed by atoms with Crippen LogP contribution < -0.4 is 0 Å². The highest BCUT2D eigenvalue weighted by Gasteiger charge is 2.58.